The van der Waals surface area contributed by atoms with Gasteiger partial charge in [-0.3, -0.25) is 0 Å². The Morgan fingerprint density at radius 3 is 1.61 bits per heavy atom. The summed E-state index contributed by atoms with van der Waals surface area (Å²) < 4.78 is 16.0. The molecule has 0 heterocycles. The summed E-state index contributed by atoms with van der Waals surface area (Å²) in [6.07, 6.45) is 21.7. The van der Waals surface area contributed by atoms with E-state index in [4.69, 9.17) is 4.74 Å². The van der Waals surface area contributed by atoms with Crippen molar-refractivity contribution in [1.29, 1.82) is 0 Å². The summed E-state index contributed by atoms with van der Waals surface area (Å²) in [5, 5.41) is 9.59. The van der Waals surface area contributed by atoms with E-state index in [-0.39, 0.29) is 6.42 Å². The minimum Gasteiger partial charge on any atom is -0.617 e. The van der Waals surface area contributed by atoms with Gasteiger partial charge in [0.2, 0.25) is 0 Å². The van der Waals surface area contributed by atoms with Crippen LogP contribution in [-0.4, -0.2) is 40.3 Å². The van der Waals surface area contributed by atoms with Gasteiger partial charge in [0.25, 0.3) is 0 Å². The van der Waals surface area contributed by atoms with Crippen molar-refractivity contribution in [3.8, 4) is 0 Å². The van der Waals surface area contributed by atoms with Crippen LogP contribution >= 0.6 is 0 Å². The zero-order valence-corrected chi connectivity index (χ0v) is 19.4. The molecule has 0 aromatic heterocycles. The molecule has 0 aromatic rings. The Bertz CT molecular complexity index is 337. The molecule has 0 aliphatic heterocycles. The van der Waals surface area contributed by atoms with Crippen molar-refractivity contribution >= 4 is 17.1 Å². The van der Waals surface area contributed by atoms with E-state index in [1.54, 1.807) is 6.26 Å². The van der Waals surface area contributed by atoms with Crippen molar-refractivity contribution in [3.63, 3.8) is 0 Å². The Morgan fingerprint density at radius 2 is 1.21 bits per heavy atom. The summed E-state index contributed by atoms with van der Waals surface area (Å²) in [6.45, 7) is 2.65. The molecule has 0 radical (unpaired) electrons. The zero-order chi connectivity index (χ0) is 20.9. The monoisotopic (exact) mass is 418 g/mol. The normalized spacial score (nSPS) is 13.4. The molecule has 2 atom stereocenters. The number of carbonyl (C=O) groups is 1. The van der Waals surface area contributed by atoms with Crippen LogP contribution in [0.25, 0.3) is 0 Å². The second-order valence-electron chi connectivity index (χ2n) is 8.05. The maximum atomic E-state index is 11.5. The summed E-state index contributed by atoms with van der Waals surface area (Å²) >= 11 is -0.989. The second-order valence-corrected chi connectivity index (χ2v) is 9.61. The second kappa shape index (κ2) is 21.4. The van der Waals surface area contributed by atoms with Gasteiger partial charge in [-0.25, -0.2) is 4.79 Å². The summed E-state index contributed by atoms with van der Waals surface area (Å²) in [7, 11) is 0. The van der Waals surface area contributed by atoms with E-state index in [1.807, 2.05) is 0 Å². The van der Waals surface area contributed by atoms with Crippen LogP contribution in [0.15, 0.2) is 0 Å². The lowest BCUT2D eigenvalue weighted by molar-refractivity contribution is -0.153. The number of aliphatic hydroxyl groups is 1. The molecule has 0 bridgehead atoms. The van der Waals surface area contributed by atoms with E-state index in [9.17, 15) is 14.5 Å². The smallest absolute Gasteiger partial charge is 0.335 e. The van der Waals surface area contributed by atoms with E-state index in [2.05, 4.69) is 6.92 Å². The molecule has 4 nitrogen and oxygen atoms in total. The van der Waals surface area contributed by atoms with E-state index in [0.717, 1.165) is 12.8 Å². The van der Waals surface area contributed by atoms with Gasteiger partial charge in [-0.15, -0.1) is 0 Å². The number of carbonyl (C=O) groups excluding carboxylic acids is 1. The van der Waals surface area contributed by atoms with Crippen molar-refractivity contribution in [1.82, 2.24) is 0 Å². The maximum absolute atomic E-state index is 11.5. The van der Waals surface area contributed by atoms with Crippen LogP contribution in [0.5, 0.6) is 0 Å². The van der Waals surface area contributed by atoms with Crippen molar-refractivity contribution < 1.29 is 19.2 Å². The summed E-state index contributed by atoms with van der Waals surface area (Å²) in [5.41, 5.74) is 0. The summed E-state index contributed by atoms with van der Waals surface area (Å²) in [4.78, 5) is 11.5. The number of ether oxygens (including phenoxy) is 1. The first-order valence-corrected chi connectivity index (χ1v) is 13.4. The molecule has 0 rings (SSSR count). The molecule has 0 saturated heterocycles. The molecule has 0 amide bonds. The van der Waals surface area contributed by atoms with Crippen molar-refractivity contribution in [2.24, 2.45) is 0 Å². The van der Waals surface area contributed by atoms with Gasteiger partial charge >= 0.3 is 5.97 Å². The molecule has 0 spiro atoms. The largest absolute Gasteiger partial charge is 0.617 e. The fourth-order valence-corrected chi connectivity index (χ4v) is 3.87. The highest BCUT2D eigenvalue weighted by molar-refractivity contribution is 7.90. The van der Waals surface area contributed by atoms with E-state index < -0.39 is 23.2 Å². The highest BCUT2D eigenvalue weighted by atomic mass is 32.2. The van der Waals surface area contributed by atoms with Crippen molar-refractivity contribution in [3.05, 3.63) is 0 Å². The van der Waals surface area contributed by atoms with Crippen LogP contribution in [0.1, 0.15) is 116 Å². The van der Waals surface area contributed by atoms with Gasteiger partial charge in [0, 0.05) is 6.42 Å². The van der Waals surface area contributed by atoms with Crippen LogP contribution in [0, 0.1) is 0 Å². The van der Waals surface area contributed by atoms with E-state index >= 15 is 0 Å². The van der Waals surface area contributed by atoms with Crippen LogP contribution in [0.4, 0.5) is 0 Å². The van der Waals surface area contributed by atoms with E-state index in [1.165, 1.54) is 89.9 Å². The average Bonchev–Trinajstić information content (AvgIpc) is 2.68. The number of unbranched alkanes of at least 4 members (excludes halogenated alkanes) is 15. The predicted octanol–water partition coefficient (Wildman–Crippen LogP) is 5.92. The minimum absolute atomic E-state index is 0.209. The van der Waals surface area contributed by atoms with Crippen LogP contribution < -0.4 is 0 Å². The lowest BCUT2D eigenvalue weighted by Gasteiger charge is -2.11. The van der Waals surface area contributed by atoms with Crippen LogP contribution in [0.3, 0.4) is 0 Å². The van der Waals surface area contributed by atoms with Crippen LogP contribution in [-0.2, 0) is 20.7 Å². The fraction of sp³-hybridized carbons (Fsp3) is 0.957. The Morgan fingerprint density at radius 1 is 0.821 bits per heavy atom. The van der Waals surface area contributed by atoms with Gasteiger partial charge in [-0.2, -0.15) is 0 Å². The average molecular weight is 419 g/mol. The standard InChI is InChI=1S/C23H46O4S/c1-3-4-5-6-7-8-9-10-11-12-13-14-15-16-17-18-20-27-23(25)22(24)19-21-28(2)26/h22,24H,3-21H2,1-2H3. The molecule has 2 unspecified atom stereocenters. The number of hydrogen-bond donors (Lipinski definition) is 1. The molecule has 28 heavy (non-hydrogen) atoms. The Kier molecular flexibility index (Phi) is 21.2. The lowest BCUT2D eigenvalue weighted by atomic mass is 10.0. The molecule has 5 heteroatoms. The molecule has 0 saturated carbocycles. The van der Waals surface area contributed by atoms with Crippen LogP contribution in [0.2, 0.25) is 0 Å². The number of hydrogen-bond acceptors (Lipinski definition) is 4. The molecule has 0 aliphatic carbocycles. The molecule has 0 aliphatic rings. The quantitative estimate of drug-likeness (QED) is 0.143. The number of esters is 1. The Balaban J connectivity index is 3.20. The third-order valence-electron chi connectivity index (χ3n) is 5.19. The highest BCUT2D eigenvalue weighted by Gasteiger charge is 2.18. The van der Waals surface area contributed by atoms with Gasteiger partial charge in [-0.05, 0) is 6.42 Å². The van der Waals surface area contributed by atoms with Crippen molar-refractivity contribution in [2.75, 3.05) is 18.6 Å². The summed E-state index contributed by atoms with van der Waals surface area (Å²) in [5.74, 6) is -0.249. The zero-order valence-electron chi connectivity index (χ0n) is 18.6. The molecule has 0 fully saturated rings. The first-order chi connectivity index (χ1) is 13.6. The first-order valence-electron chi connectivity index (χ1n) is 11.7. The van der Waals surface area contributed by atoms with E-state index in [0.29, 0.717) is 12.4 Å². The molecular weight excluding hydrogens is 372 g/mol. The Labute approximate surface area is 177 Å². The highest BCUT2D eigenvalue weighted by Crippen LogP contribution is 2.13. The molecular formula is C23H46O4S. The fourth-order valence-electron chi connectivity index (χ4n) is 3.31. The minimum atomic E-state index is -1.13. The van der Waals surface area contributed by atoms with Gasteiger partial charge in [-0.1, -0.05) is 114 Å². The third kappa shape index (κ3) is 20.5. The van der Waals surface area contributed by atoms with Gasteiger partial charge < -0.3 is 14.4 Å². The molecule has 0 aromatic carbocycles. The molecule has 168 valence electrons. The van der Waals surface area contributed by atoms with Gasteiger partial charge in [0.05, 0.1) is 12.9 Å². The third-order valence-corrected chi connectivity index (χ3v) is 6.00. The number of aliphatic hydroxyl groups excluding tert-OH is 1. The lowest BCUT2D eigenvalue weighted by Crippen LogP contribution is -2.26. The Hall–Kier alpha value is -0.260. The van der Waals surface area contributed by atoms with Gasteiger partial charge in [0.15, 0.2) is 6.10 Å². The van der Waals surface area contributed by atoms with Crippen molar-refractivity contribution in [2.45, 2.75) is 122 Å². The first kappa shape index (κ1) is 27.7. The number of rotatable bonds is 21. The molecule has 1 N–H and O–H groups in total. The topological polar surface area (TPSA) is 69.6 Å². The SMILES string of the molecule is CCCCCCCCCCCCCCCCCCOC(=O)C(O)CC[S+](C)[O-]. The predicted molar refractivity (Wildman–Crippen MR) is 120 cm³/mol. The summed E-state index contributed by atoms with van der Waals surface area (Å²) in [6, 6.07) is 0. The maximum Gasteiger partial charge on any atom is 0.335 e. The van der Waals surface area contributed by atoms with Gasteiger partial charge in [0.1, 0.15) is 5.75 Å².